The topological polar surface area (TPSA) is 17.1 Å². The fraction of sp³-hybridized carbons (Fsp3) is 0.588. The quantitative estimate of drug-likeness (QED) is 0.777. The number of ketones is 1. The zero-order valence-electron chi connectivity index (χ0n) is 11.8. The lowest BCUT2D eigenvalue weighted by molar-refractivity contribution is -0.125. The molecule has 1 aromatic rings. The van der Waals surface area contributed by atoms with Crippen molar-refractivity contribution >= 4 is 5.78 Å². The molecule has 0 radical (unpaired) electrons. The third-order valence-electron chi connectivity index (χ3n) is 4.54. The molecule has 2 unspecified atom stereocenters. The highest BCUT2D eigenvalue weighted by Crippen LogP contribution is 2.32. The van der Waals surface area contributed by atoms with Gasteiger partial charge < -0.3 is 0 Å². The lowest BCUT2D eigenvalue weighted by Crippen LogP contribution is -2.26. The highest BCUT2D eigenvalue weighted by molar-refractivity contribution is 5.82. The Balaban J connectivity index is 2.14. The SMILES string of the molecule is CCC1CCC(=O)C(Cc2c(C)cccc2C)C1. The molecule has 0 spiro atoms. The van der Waals surface area contributed by atoms with Gasteiger partial charge in [0, 0.05) is 12.3 Å². The van der Waals surface area contributed by atoms with E-state index in [1.165, 1.54) is 23.1 Å². The number of Topliss-reactive ketones (excluding diaryl/α,β-unsaturated/α-hetero) is 1. The highest BCUT2D eigenvalue weighted by atomic mass is 16.1. The van der Waals surface area contributed by atoms with Gasteiger partial charge in [0.15, 0.2) is 0 Å². The Morgan fingerprint density at radius 2 is 1.89 bits per heavy atom. The maximum atomic E-state index is 12.1. The van der Waals surface area contributed by atoms with Crippen LogP contribution >= 0.6 is 0 Å². The summed E-state index contributed by atoms with van der Waals surface area (Å²) in [5, 5.41) is 0. The van der Waals surface area contributed by atoms with E-state index in [0.717, 1.165) is 31.6 Å². The van der Waals surface area contributed by atoms with Gasteiger partial charge in [-0.1, -0.05) is 31.5 Å². The van der Waals surface area contributed by atoms with Crippen molar-refractivity contribution in [2.45, 2.75) is 52.9 Å². The average molecular weight is 244 g/mol. The summed E-state index contributed by atoms with van der Waals surface area (Å²) in [5.41, 5.74) is 4.07. The van der Waals surface area contributed by atoms with E-state index in [1.807, 2.05) is 0 Å². The maximum Gasteiger partial charge on any atom is 0.136 e. The van der Waals surface area contributed by atoms with Gasteiger partial charge in [-0.2, -0.15) is 0 Å². The Bertz CT molecular complexity index is 413. The number of hydrogen-bond acceptors (Lipinski definition) is 1. The molecular formula is C17H24O. The second-order valence-electron chi connectivity index (χ2n) is 5.79. The van der Waals surface area contributed by atoms with Crippen LogP contribution in [-0.2, 0) is 11.2 Å². The van der Waals surface area contributed by atoms with Gasteiger partial charge >= 0.3 is 0 Å². The molecule has 0 saturated heterocycles. The highest BCUT2D eigenvalue weighted by Gasteiger charge is 2.28. The fourth-order valence-corrected chi connectivity index (χ4v) is 3.19. The summed E-state index contributed by atoms with van der Waals surface area (Å²) in [6.45, 7) is 6.57. The van der Waals surface area contributed by atoms with E-state index in [9.17, 15) is 4.79 Å². The molecule has 0 amide bonds. The third kappa shape index (κ3) is 2.82. The Morgan fingerprint density at radius 3 is 2.50 bits per heavy atom. The van der Waals surface area contributed by atoms with Crippen LogP contribution < -0.4 is 0 Å². The van der Waals surface area contributed by atoms with E-state index in [0.29, 0.717) is 5.78 Å². The first-order valence-corrected chi connectivity index (χ1v) is 7.19. The van der Waals surface area contributed by atoms with Gasteiger partial charge in [-0.3, -0.25) is 4.79 Å². The molecule has 0 bridgehead atoms. The van der Waals surface area contributed by atoms with Crippen LogP contribution in [0.1, 0.15) is 49.3 Å². The molecule has 0 heterocycles. The molecule has 1 nitrogen and oxygen atoms in total. The molecular weight excluding hydrogens is 220 g/mol. The molecule has 1 aliphatic carbocycles. The van der Waals surface area contributed by atoms with Crippen molar-refractivity contribution in [1.29, 1.82) is 0 Å². The first-order chi connectivity index (χ1) is 8.61. The maximum absolute atomic E-state index is 12.1. The molecule has 0 aliphatic heterocycles. The van der Waals surface area contributed by atoms with Gasteiger partial charge in [-0.25, -0.2) is 0 Å². The first-order valence-electron chi connectivity index (χ1n) is 7.19. The summed E-state index contributed by atoms with van der Waals surface area (Å²) in [7, 11) is 0. The van der Waals surface area contributed by atoms with Gasteiger partial charge in [0.25, 0.3) is 0 Å². The molecule has 1 heteroatoms. The minimum Gasteiger partial charge on any atom is -0.299 e. The number of benzene rings is 1. The van der Waals surface area contributed by atoms with Gasteiger partial charge in [0.1, 0.15) is 5.78 Å². The molecule has 0 aromatic heterocycles. The predicted octanol–water partition coefficient (Wildman–Crippen LogP) is 4.24. The summed E-state index contributed by atoms with van der Waals surface area (Å²) in [6.07, 6.45) is 5.18. The van der Waals surface area contributed by atoms with Crippen LogP contribution in [0.25, 0.3) is 0 Å². The van der Waals surface area contributed by atoms with Crippen LogP contribution in [0.5, 0.6) is 0 Å². The molecule has 1 aromatic carbocycles. The van der Waals surface area contributed by atoms with Crippen LogP contribution in [0.4, 0.5) is 0 Å². The van der Waals surface area contributed by atoms with Crippen molar-refractivity contribution in [3.05, 3.63) is 34.9 Å². The predicted molar refractivity (Wildman–Crippen MR) is 75.7 cm³/mol. The van der Waals surface area contributed by atoms with Gasteiger partial charge in [0.2, 0.25) is 0 Å². The van der Waals surface area contributed by atoms with Crippen LogP contribution in [0.15, 0.2) is 18.2 Å². The summed E-state index contributed by atoms with van der Waals surface area (Å²) in [6, 6.07) is 6.42. The van der Waals surface area contributed by atoms with E-state index in [1.54, 1.807) is 0 Å². The monoisotopic (exact) mass is 244 g/mol. The van der Waals surface area contributed by atoms with Gasteiger partial charge in [0.05, 0.1) is 0 Å². The summed E-state index contributed by atoms with van der Waals surface area (Å²) in [4.78, 5) is 12.1. The normalized spacial score (nSPS) is 24.3. The molecule has 2 rings (SSSR count). The zero-order chi connectivity index (χ0) is 13.1. The molecule has 1 aliphatic rings. The molecule has 98 valence electrons. The van der Waals surface area contributed by atoms with Crippen molar-refractivity contribution in [3.8, 4) is 0 Å². The lowest BCUT2D eigenvalue weighted by Gasteiger charge is -2.28. The summed E-state index contributed by atoms with van der Waals surface area (Å²) >= 11 is 0. The summed E-state index contributed by atoms with van der Waals surface area (Å²) < 4.78 is 0. The van der Waals surface area contributed by atoms with Crippen LogP contribution in [0, 0.1) is 25.7 Å². The number of hydrogen-bond donors (Lipinski definition) is 0. The van der Waals surface area contributed by atoms with E-state index >= 15 is 0 Å². The van der Waals surface area contributed by atoms with Crippen molar-refractivity contribution in [3.63, 3.8) is 0 Å². The lowest BCUT2D eigenvalue weighted by atomic mass is 9.76. The summed E-state index contributed by atoms with van der Waals surface area (Å²) in [5.74, 6) is 1.52. The van der Waals surface area contributed by atoms with Gasteiger partial charge in [-0.05, 0) is 55.7 Å². The molecule has 2 atom stereocenters. The Morgan fingerprint density at radius 1 is 1.22 bits per heavy atom. The molecule has 1 saturated carbocycles. The van der Waals surface area contributed by atoms with Crippen molar-refractivity contribution in [1.82, 2.24) is 0 Å². The number of carbonyl (C=O) groups excluding carboxylic acids is 1. The minimum absolute atomic E-state index is 0.267. The van der Waals surface area contributed by atoms with E-state index < -0.39 is 0 Å². The average Bonchev–Trinajstić information content (AvgIpc) is 2.36. The van der Waals surface area contributed by atoms with Crippen LogP contribution in [-0.4, -0.2) is 5.78 Å². The molecule has 0 N–H and O–H groups in total. The third-order valence-corrected chi connectivity index (χ3v) is 4.54. The minimum atomic E-state index is 0.267. The largest absolute Gasteiger partial charge is 0.299 e. The fourth-order valence-electron chi connectivity index (χ4n) is 3.19. The second-order valence-corrected chi connectivity index (χ2v) is 5.79. The zero-order valence-corrected chi connectivity index (χ0v) is 11.8. The first kappa shape index (κ1) is 13.3. The second kappa shape index (κ2) is 5.69. The molecule has 1 fully saturated rings. The van der Waals surface area contributed by atoms with E-state index in [4.69, 9.17) is 0 Å². The van der Waals surface area contributed by atoms with Crippen LogP contribution in [0.2, 0.25) is 0 Å². The van der Waals surface area contributed by atoms with Crippen molar-refractivity contribution < 1.29 is 4.79 Å². The van der Waals surface area contributed by atoms with Gasteiger partial charge in [-0.15, -0.1) is 0 Å². The Labute approximate surface area is 111 Å². The van der Waals surface area contributed by atoms with E-state index in [-0.39, 0.29) is 5.92 Å². The van der Waals surface area contributed by atoms with Crippen molar-refractivity contribution in [2.75, 3.05) is 0 Å². The number of aryl methyl sites for hydroxylation is 2. The van der Waals surface area contributed by atoms with Crippen LogP contribution in [0.3, 0.4) is 0 Å². The number of carbonyl (C=O) groups is 1. The standard InChI is InChI=1S/C17H24O/c1-4-14-8-9-17(18)15(10-14)11-16-12(2)6-5-7-13(16)3/h5-7,14-15H,4,8-11H2,1-3H3. The van der Waals surface area contributed by atoms with E-state index in [2.05, 4.69) is 39.0 Å². The molecule has 18 heavy (non-hydrogen) atoms. The van der Waals surface area contributed by atoms with Crippen molar-refractivity contribution in [2.24, 2.45) is 11.8 Å². The Kier molecular flexibility index (Phi) is 4.21. The number of rotatable bonds is 3. The Hall–Kier alpha value is -1.11. The smallest absolute Gasteiger partial charge is 0.136 e.